The Balaban J connectivity index is 1.91. The molecule has 2 rings (SSSR count). The van der Waals surface area contributed by atoms with Gasteiger partial charge in [-0.1, -0.05) is 15.9 Å². The number of carbonyl (C=O) groups is 1. The molecule has 1 fully saturated rings. The Kier molecular flexibility index (Phi) is 5.30. The lowest BCUT2D eigenvalue weighted by Gasteiger charge is -2.31. The summed E-state index contributed by atoms with van der Waals surface area (Å²) >= 11 is 3.38. The van der Waals surface area contributed by atoms with E-state index in [1.165, 1.54) is 12.1 Å². The second kappa shape index (κ2) is 7.00. The van der Waals surface area contributed by atoms with Crippen molar-refractivity contribution in [3.05, 3.63) is 38.3 Å². The van der Waals surface area contributed by atoms with Crippen molar-refractivity contribution >= 4 is 27.6 Å². The molecule has 1 aromatic rings. The molecule has 6 nitrogen and oxygen atoms in total. The molecule has 0 radical (unpaired) electrons. The highest BCUT2D eigenvalue weighted by atomic mass is 79.9. The van der Waals surface area contributed by atoms with Crippen LogP contribution in [0.4, 0.5) is 5.69 Å². The number of aliphatic carboxylic acids is 1. The van der Waals surface area contributed by atoms with Gasteiger partial charge in [-0.2, -0.15) is 0 Å². The molecule has 21 heavy (non-hydrogen) atoms. The summed E-state index contributed by atoms with van der Waals surface area (Å²) < 4.78 is 0.740. The minimum absolute atomic E-state index is 0.0748. The van der Waals surface area contributed by atoms with Gasteiger partial charge in [0.2, 0.25) is 0 Å². The second-order valence-electron chi connectivity index (χ2n) is 5.35. The van der Waals surface area contributed by atoms with Crippen LogP contribution in [0.15, 0.2) is 22.7 Å². The molecular formula is C14H17BrN2O4. The first kappa shape index (κ1) is 15.9. The van der Waals surface area contributed by atoms with E-state index in [2.05, 4.69) is 20.8 Å². The molecule has 1 aromatic carbocycles. The number of likely N-dealkylation sites (tertiary alicyclic amines) is 1. The van der Waals surface area contributed by atoms with E-state index in [-0.39, 0.29) is 18.0 Å². The third kappa shape index (κ3) is 4.50. The first-order valence-corrected chi connectivity index (χ1v) is 7.62. The maximum atomic E-state index is 10.7. The van der Waals surface area contributed by atoms with Gasteiger partial charge >= 0.3 is 5.97 Å². The summed E-state index contributed by atoms with van der Waals surface area (Å²) in [6.07, 6.45) is 2.02. The van der Waals surface area contributed by atoms with Gasteiger partial charge in [-0.3, -0.25) is 19.8 Å². The molecule has 1 aliphatic rings. The first-order valence-electron chi connectivity index (χ1n) is 6.82. The van der Waals surface area contributed by atoms with Crippen LogP contribution in [0.3, 0.4) is 0 Å². The smallest absolute Gasteiger partial charge is 0.303 e. The van der Waals surface area contributed by atoms with Crippen LogP contribution in [0, 0.1) is 16.0 Å². The number of benzene rings is 1. The molecule has 0 saturated carbocycles. The van der Waals surface area contributed by atoms with E-state index in [4.69, 9.17) is 5.11 Å². The van der Waals surface area contributed by atoms with E-state index in [1.54, 1.807) is 6.07 Å². The normalized spacial score (nSPS) is 16.8. The number of hydrogen-bond acceptors (Lipinski definition) is 4. The summed E-state index contributed by atoms with van der Waals surface area (Å²) in [7, 11) is 0. The first-order chi connectivity index (χ1) is 9.95. The van der Waals surface area contributed by atoms with Gasteiger partial charge in [-0.25, -0.2) is 0 Å². The lowest BCUT2D eigenvalue weighted by atomic mass is 9.93. The number of non-ortho nitro benzene ring substituents is 1. The van der Waals surface area contributed by atoms with Crippen LogP contribution in [0.25, 0.3) is 0 Å². The fourth-order valence-corrected chi connectivity index (χ4v) is 3.11. The van der Waals surface area contributed by atoms with Crippen LogP contribution >= 0.6 is 15.9 Å². The summed E-state index contributed by atoms with van der Waals surface area (Å²) in [5.74, 6) is -0.467. The highest BCUT2D eigenvalue weighted by Gasteiger charge is 2.22. The van der Waals surface area contributed by atoms with Crippen molar-refractivity contribution in [1.29, 1.82) is 0 Å². The van der Waals surface area contributed by atoms with E-state index in [1.807, 2.05) is 0 Å². The van der Waals surface area contributed by atoms with Crippen LogP contribution in [0.2, 0.25) is 0 Å². The molecule has 0 atom stereocenters. The maximum Gasteiger partial charge on any atom is 0.303 e. The quantitative estimate of drug-likeness (QED) is 0.647. The van der Waals surface area contributed by atoms with E-state index in [0.717, 1.165) is 42.5 Å². The minimum atomic E-state index is -0.730. The molecule has 0 bridgehead atoms. The zero-order valence-electron chi connectivity index (χ0n) is 11.5. The third-order valence-corrected chi connectivity index (χ3v) is 4.55. The van der Waals surface area contributed by atoms with Gasteiger partial charge in [0.15, 0.2) is 0 Å². The van der Waals surface area contributed by atoms with Gasteiger partial charge in [0.25, 0.3) is 5.69 Å². The molecule has 0 spiro atoms. The Morgan fingerprint density at radius 3 is 2.62 bits per heavy atom. The van der Waals surface area contributed by atoms with Gasteiger partial charge in [-0.15, -0.1) is 0 Å². The fourth-order valence-electron chi connectivity index (χ4n) is 2.61. The van der Waals surface area contributed by atoms with Crippen molar-refractivity contribution in [3.8, 4) is 0 Å². The van der Waals surface area contributed by atoms with E-state index in [0.29, 0.717) is 0 Å². The predicted molar refractivity (Wildman–Crippen MR) is 81.1 cm³/mol. The summed E-state index contributed by atoms with van der Waals surface area (Å²) in [6.45, 7) is 2.45. The zero-order chi connectivity index (χ0) is 15.4. The SMILES string of the molecule is O=C(O)CC1CCN(Cc2ccc([N+](=O)[O-])cc2Br)CC1. The molecule has 1 heterocycles. The molecule has 114 valence electrons. The molecule has 0 amide bonds. The van der Waals surface area contributed by atoms with Crippen LogP contribution in [0.5, 0.6) is 0 Å². The zero-order valence-corrected chi connectivity index (χ0v) is 13.1. The number of carboxylic acid groups (broad SMARTS) is 1. The lowest BCUT2D eigenvalue weighted by molar-refractivity contribution is -0.384. The average molecular weight is 357 g/mol. The average Bonchev–Trinajstić information content (AvgIpc) is 2.42. The van der Waals surface area contributed by atoms with Gasteiger partial charge < -0.3 is 5.11 Å². The van der Waals surface area contributed by atoms with Crippen molar-refractivity contribution in [3.63, 3.8) is 0 Å². The number of nitro benzene ring substituents is 1. The molecule has 7 heteroatoms. The van der Waals surface area contributed by atoms with Crippen LogP contribution in [-0.2, 0) is 11.3 Å². The number of piperidine rings is 1. The lowest BCUT2D eigenvalue weighted by Crippen LogP contribution is -2.34. The Hall–Kier alpha value is -1.47. The van der Waals surface area contributed by atoms with Gasteiger partial charge in [-0.05, 0) is 43.5 Å². The number of carboxylic acids is 1. The molecule has 0 aliphatic carbocycles. The monoisotopic (exact) mass is 356 g/mol. The molecular weight excluding hydrogens is 340 g/mol. The van der Waals surface area contributed by atoms with E-state index >= 15 is 0 Å². The van der Waals surface area contributed by atoms with E-state index in [9.17, 15) is 14.9 Å². The number of nitrogens with zero attached hydrogens (tertiary/aromatic N) is 2. The minimum Gasteiger partial charge on any atom is -0.481 e. The summed E-state index contributed by atoms with van der Waals surface area (Å²) in [6, 6.07) is 4.80. The Morgan fingerprint density at radius 1 is 1.43 bits per heavy atom. The number of hydrogen-bond donors (Lipinski definition) is 1. The maximum absolute atomic E-state index is 10.7. The van der Waals surface area contributed by atoms with Crippen LogP contribution in [0.1, 0.15) is 24.8 Å². The van der Waals surface area contributed by atoms with Gasteiger partial charge in [0.05, 0.1) is 4.92 Å². The summed E-state index contributed by atoms with van der Waals surface area (Å²) in [5.41, 5.74) is 1.09. The summed E-state index contributed by atoms with van der Waals surface area (Å²) in [5, 5.41) is 19.5. The van der Waals surface area contributed by atoms with Crippen molar-refractivity contribution in [2.75, 3.05) is 13.1 Å². The van der Waals surface area contributed by atoms with Crippen molar-refractivity contribution in [1.82, 2.24) is 4.90 Å². The third-order valence-electron chi connectivity index (χ3n) is 3.81. The Bertz CT molecular complexity index is 542. The van der Waals surface area contributed by atoms with Gasteiger partial charge in [0.1, 0.15) is 0 Å². The molecule has 1 aliphatic heterocycles. The van der Waals surface area contributed by atoms with Crippen LogP contribution in [-0.4, -0.2) is 34.0 Å². The number of rotatable bonds is 5. The van der Waals surface area contributed by atoms with Crippen molar-refractivity contribution in [2.45, 2.75) is 25.8 Å². The number of nitro groups is 1. The van der Waals surface area contributed by atoms with Gasteiger partial charge in [0, 0.05) is 29.6 Å². The second-order valence-corrected chi connectivity index (χ2v) is 6.20. The predicted octanol–water partition coefficient (Wildman–Crippen LogP) is 3.04. The largest absolute Gasteiger partial charge is 0.481 e. The van der Waals surface area contributed by atoms with Crippen molar-refractivity contribution in [2.24, 2.45) is 5.92 Å². The molecule has 0 unspecified atom stereocenters. The standard InChI is InChI=1S/C14H17BrN2O4/c15-13-8-12(17(20)21)2-1-11(13)9-16-5-3-10(4-6-16)7-14(18)19/h1-2,8,10H,3-7,9H2,(H,18,19). The Morgan fingerprint density at radius 2 is 2.10 bits per heavy atom. The number of halogens is 1. The van der Waals surface area contributed by atoms with Crippen molar-refractivity contribution < 1.29 is 14.8 Å². The highest BCUT2D eigenvalue weighted by molar-refractivity contribution is 9.10. The molecule has 0 aromatic heterocycles. The van der Waals surface area contributed by atoms with E-state index < -0.39 is 10.9 Å². The Labute approximate surface area is 131 Å². The summed E-state index contributed by atoms with van der Waals surface area (Å²) in [4.78, 5) is 23.2. The molecule has 1 N–H and O–H groups in total. The fraction of sp³-hybridized carbons (Fsp3) is 0.500. The topological polar surface area (TPSA) is 83.7 Å². The van der Waals surface area contributed by atoms with Crippen LogP contribution < -0.4 is 0 Å². The highest BCUT2D eigenvalue weighted by Crippen LogP contribution is 2.26. The molecule has 1 saturated heterocycles.